The molecule has 1 atom stereocenters. The normalized spacial score (nSPS) is 11.8. The van der Waals surface area contributed by atoms with Gasteiger partial charge in [0.15, 0.2) is 0 Å². The van der Waals surface area contributed by atoms with Crippen LogP contribution in [0.3, 0.4) is 0 Å². The maximum absolute atomic E-state index is 9.25. The van der Waals surface area contributed by atoms with E-state index in [2.05, 4.69) is 11.1 Å². The summed E-state index contributed by atoms with van der Waals surface area (Å²) in [5.74, 6) is -0.468. The first-order valence-corrected chi connectivity index (χ1v) is 5.45. The predicted octanol–water partition coefficient (Wildman–Crippen LogP) is 2.97. The van der Waals surface area contributed by atoms with Crippen LogP contribution in [-0.4, -0.2) is 4.98 Å². The number of rotatable bonds is 2. The second-order valence-corrected chi connectivity index (χ2v) is 4.01. The van der Waals surface area contributed by atoms with Crippen molar-refractivity contribution in [2.75, 3.05) is 5.73 Å². The van der Waals surface area contributed by atoms with E-state index >= 15 is 0 Å². The number of nitrogen functional groups attached to an aromatic ring is 1. The quantitative estimate of drug-likeness (QED) is 0.882. The Hall–Kier alpha value is -2.05. The number of anilines is 1. The first-order chi connectivity index (χ1) is 8.22. The summed E-state index contributed by atoms with van der Waals surface area (Å²) < 4.78 is 0. The Morgan fingerprint density at radius 1 is 1.24 bits per heavy atom. The molecule has 17 heavy (non-hydrogen) atoms. The van der Waals surface area contributed by atoms with Crippen molar-refractivity contribution < 1.29 is 0 Å². The van der Waals surface area contributed by atoms with E-state index in [9.17, 15) is 5.26 Å². The zero-order valence-corrected chi connectivity index (χ0v) is 9.72. The zero-order chi connectivity index (χ0) is 12.3. The molecule has 0 fully saturated rings. The first-order valence-electron chi connectivity index (χ1n) is 5.08. The third kappa shape index (κ3) is 2.38. The number of nitriles is 1. The van der Waals surface area contributed by atoms with Crippen LogP contribution in [0.5, 0.6) is 0 Å². The van der Waals surface area contributed by atoms with Crippen molar-refractivity contribution in [2.45, 2.75) is 5.92 Å². The van der Waals surface area contributed by atoms with Crippen LogP contribution in [0.4, 0.5) is 5.69 Å². The Labute approximate surface area is 104 Å². The minimum Gasteiger partial charge on any atom is -0.397 e. The van der Waals surface area contributed by atoms with Crippen molar-refractivity contribution in [1.29, 1.82) is 5.26 Å². The van der Waals surface area contributed by atoms with Crippen LogP contribution in [0.15, 0.2) is 42.6 Å². The maximum Gasteiger partial charge on any atom is 0.115 e. The molecule has 0 saturated heterocycles. The predicted molar refractivity (Wildman–Crippen MR) is 67.6 cm³/mol. The van der Waals surface area contributed by atoms with Gasteiger partial charge < -0.3 is 5.73 Å². The van der Waals surface area contributed by atoms with Gasteiger partial charge in [0.1, 0.15) is 5.92 Å². The lowest BCUT2D eigenvalue weighted by Crippen LogP contribution is -2.02. The molecule has 1 aromatic heterocycles. The second-order valence-electron chi connectivity index (χ2n) is 3.60. The van der Waals surface area contributed by atoms with E-state index in [1.54, 1.807) is 18.2 Å². The Bertz CT molecular complexity index is 558. The molecular formula is C13H10ClN3. The number of benzene rings is 1. The van der Waals surface area contributed by atoms with Crippen LogP contribution < -0.4 is 5.73 Å². The summed E-state index contributed by atoms with van der Waals surface area (Å²) in [4.78, 5) is 4.16. The molecule has 2 rings (SSSR count). The average molecular weight is 244 g/mol. The Kier molecular flexibility index (Phi) is 3.27. The van der Waals surface area contributed by atoms with Gasteiger partial charge in [-0.15, -0.1) is 0 Å². The highest BCUT2D eigenvalue weighted by molar-refractivity contribution is 6.31. The first kappa shape index (κ1) is 11.4. The lowest BCUT2D eigenvalue weighted by atomic mass is 9.96. The third-order valence-electron chi connectivity index (χ3n) is 2.45. The van der Waals surface area contributed by atoms with E-state index in [-0.39, 0.29) is 0 Å². The van der Waals surface area contributed by atoms with E-state index in [0.29, 0.717) is 16.4 Å². The fraction of sp³-hybridized carbons (Fsp3) is 0.0769. The molecule has 1 heterocycles. The topological polar surface area (TPSA) is 62.7 Å². The molecule has 0 aliphatic rings. The number of nitrogens with zero attached hydrogens (tertiary/aromatic N) is 2. The fourth-order valence-electron chi connectivity index (χ4n) is 1.59. The summed E-state index contributed by atoms with van der Waals surface area (Å²) in [7, 11) is 0. The molecule has 0 spiro atoms. The molecule has 2 N–H and O–H groups in total. The molecule has 4 heteroatoms. The van der Waals surface area contributed by atoms with Crippen LogP contribution in [0.1, 0.15) is 17.2 Å². The zero-order valence-electron chi connectivity index (χ0n) is 8.97. The summed E-state index contributed by atoms with van der Waals surface area (Å²) in [6.45, 7) is 0. The summed E-state index contributed by atoms with van der Waals surface area (Å²) in [6.07, 6.45) is 1.54. The minimum atomic E-state index is -0.468. The van der Waals surface area contributed by atoms with Crippen LogP contribution in [0.2, 0.25) is 5.02 Å². The van der Waals surface area contributed by atoms with E-state index < -0.39 is 5.92 Å². The van der Waals surface area contributed by atoms with Crippen molar-refractivity contribution in [1.82, 2.24) is 4.98 Å². The van der Waals surface area contributed by atoms with Crippen LogP contribution in [0.25, 0.3) is 0 Å². The molecule has 1 unspecified atom stereocenters. The third-order valence-corrected chi connectivity index (χ3v) is 2.79. The monoisotopic (exact) mass is 243 g/mol. The Balaban J connectivity index is 2.45. The van der Waals surface area contributed by atoms with Gasteiger partial charge in [0.05, 0.1) is 23.6 Å². The SMILES string of the molecule is N#CC(c1ccc(N)cn1)c1ccccc1Cl. The highest BCUT2D eigenvalue weighted by Crippen LogP contribution is 2.28. The summed E-state index contributed by atoms with van der Waals surface area (Å²) in [5.41, 5.74) is 7.55. The van der Waals surface area contributed by atoms with Crippen molar-refractivity contribution in [2.24, 2.45) is 0 Å². The molecule has 1 aromatic carbocycles. The van der Waals surface area contributed by atoms with E-state index in [4.69, 9.17) is 17.3 Å². The van der Waals surface area contributed by atoms with Crippen molar-refractivity contribution in [3.8, 4) is 6.07 Å². The molecule has 0 aliphatic carbocycles. The van der Waals surface area contributed by atoms with Crippen LogP contribution in [-0.2, 0) is 0 Å². The van der Waals surface area contributed by atoms with Gasteiger partial charge in [0, 0.05) is 5.02 Å². The van der Waals surface area contributed by atoms with E-state index in [1.165, 1.54) is 6.20 Å². The van der Waals surface area contributed by atoms with Crippen LogP contribution >= 0.6 is 11.6 Å². The van der Waals surface area contributed by atoms with Gasteiger partial charge in [-0.05, 0) is 23.8 Å². The van der Waals surface area contributed by atoms with E-state index in [0.717, 1.165) is 5.56 Å². The Morgan fingerprint density at radius 2 is 2.00 bits per heavy atom. The summed E-state index contributed by atoms with van der Waals surface area (Å²) in [5, 5.41) is 9.81. The van der Waals surface area contributed by atoms with Gasteiger partial charge in [-0.1, -0.05) is 29.8 Å². The largest absolute Gasteiger partial charge is 0.397 e. The number of halogens is 1. The number of hydrogen-bond acceptors (Lipinski definition) is 3. The van der Waals surface area contributed by atoms with Gasteiger partial charge in [0.25, 0.3) is 0 Å². The fourth-order valence-corrected chi connectivity index (χ4v) is 1.84. The lowest BCUT2D eigenvalue weighted by Gasteiger charge is -2.10. The summed E-state index contributed by atoms with van der Waals surface area (Å²) >= 11 is 6.08. The van der Waals surface area contributed by atoms with Crippen molar-refractivity contribution in [3.63, 3.8) is 0 Å². The molecular weight excluding hydrogens is 234 g/mol. The smallest absolute Gasteiger partial charge is 0.115 e. The van der Waals surface area contributed by atoms with Gasteiger partial charge in [-0.25, -0.2) is 0 Å². The molecule has 0 amide bonds. The summed E-state index contributed by atoms with van der Waals surface area (Å²) in [6, 6.07) is 12.9. The minimum absolute atomic E-state index is 0.468. The maximum atomic E-state index is 9.25. The second kappa shape index (κ2) is 4.86. The lowest BCUT2D eigenvalue weighted by molar-refractivity contribution is 0.967. The average Bonchev–Trinajstić information content (AvgIpc) is 2.35. The number of nitrogens with two attached hydrogens (primary N) is 1. The Morgan fingerprint density at radius 3 is 2.59 bits per heavy atom. The number of aromatic nitrogens is 1. The molecule has 2 aromatic rings. The van der Waals surface area contributed by atoms with Gasteiger partial charge in [-0.2, -0.15) is 5.26 Å². The molecule has 0 radical (unpaired) electrons. The highest BCUT2D eigenvalue weighted by Gasteiger charge is 2.17. The molecule has 0 aliphatic heterocycles. The number of hydrogen-bond donors (Lipinski definition) is 1. The van der Waals surface area contributed by atoms with Crippen molar-refractivity contribution >= 4 is 17.3 Å². The number of pyridine rings is 1. The molecule has 84 valence electrons. The van der Waals surface area contributed by atoms with Gasteiger partial charge >= 0.3 is 0 Å². The van der Waals surface area contributed by atoms with Crippen molar-refractivity contribution in [3.05, 3.63) is 58.9 Å². The van der Waals surface area contributed by atoms with Gasteiger partial charge in [0.2, 0.25) is 0 Å². The highest BCUT2D eigenvalue weighted by atomic mass is 35.5. The standard InChI is InChI=1S/C13H10ClN3/c14-12-4-2-1-3-10(12)11(7-15)13-6-5-9(16)8-17-13/h1-6,8,11H,16H2. The van der Waals surface area contributed by atoms with Crippen LogP contribution in [0, 0.1) is 11.3 Å². The van der Waals surface area contributed by atoms with E-state index in [1.807, 2.05) is 18.2 Å². The molecule has 0 saturated carbocycles. The van der Waals surface area contributed by atoms with Gasteiger partial charge in [-0.3, -0.25) is 4.98 Å². The molecule has 3 nitrogen and oxygen atoms in total. The molecule has 0 bridgehead atoms.